The number of sulfonamides is 1. The second-order valence-corrected chi connectivity index (χ2v) is 12.1. The fraction of sp³-hybridized carbons (Fsp3) is 0.640. The molecule has 11 heteroatoms. The second-order valence-electron chi connectivity index (χ2n) is 10.4. The van der Waals surface area contributed by atoms with Crippen LogP contribution in [-0.4, -0.2) is 68.7 Å². The number of benzene rings is 1. The van der Waals surface area contributed by atoms with Gasteiger partial charge in [0.25, 0.3) is 0 Å². The maximum Gasteiger partial charge on any atom is 0.408 e. The monoisotopic (exact) mass is 523 g/mol. The highest BCUT2D eigenvalue weighted by Crippen LogP contribution is 2.30. The van der Waals surface area contributed by atoms with E-state index in [4.69, 9.17) is 9.47 Å². The van der Waals surface area contributed by atoms with Crippen molar-refractivity contribution in [3.8, 4) is 0 Å². The molecule has 0 aromatic heterocycles. The molecule has 3 unspecified atom stereocenters. The van der Waals surface area contributed by atoms with Crippen LogP contribution in [0.25, 0.3) is 0 Å². The van der Waals surface area contributed by atoms with Crippen molar-refractivity contribution < 1.29 is 32.3 Å². The molecule has 0 bridgehead atoms. The molecule has 1 heterocycles. The van der Waals surface area contributed by atoms with E-state index in [2.05, 4.69) is 10.0 Å². The number of amides is 2. The number of hydrogen-bond donors (Lipinski definition) is 2. The van der Waals surface area contributed by atoms with Gasteiger partial charge in [-0.15, -0.1) is 0 Å². The van der Waals surface area contributed by atoms with E-state index in [1.165, 1.54) is 24.1 Å². The smallest absolute Gasteiger partial charge is 0.408 e. The van der Waals surface area contributed by atoms with E-state index in [1.807, 2.05) is 0 Å². The average Bonchev–Trinajstić information content (AvgIpc) is 3.24. The Bertz CT molecular complexity index is 1030. The highest BCUT2D eigenvalue weighted by Gasteiger charge is 2.45. The van der Waals surface area contributed by atoms with Gasteiger partial charge in [0.1, 0.15) is 17.7 Å². The van der Waals surface area contributed by atoms with Gasteiger partial charge >= 0.3 is 12.1 Å². The summed E-state index contributed by atoms with van der Waals surface area (Å²) in [6, 6.07) is 5.33. The third-order valence-corrected chi connectivity index (χ3v) is 8.03. The van der Waals surface area contributed by atoms with Gasteiger partial charge in [-0.05, 0) is 58.1 Å². The summed E-state index contributed by atoms with van der Waals surface area (Å²) >= 11 is 0. The number of carbonyl (C=O) groups excluding carboxylic acids is 3. The van der Waals surface area contributed by atoms with Crippen LogP contribution in [0.4, 0.5) is 4.79 Å². The molecule has 1 aromatic rings. The molecule has 1 saturated carbocycles. The Labute approximate surface area is 213 Å². The molecule has 3 atom stereocenters. The number of esters is 1. The number of methoxy groups -OCH3 is 1. The van der Waals surface area contributed by atoms with E-state index in [9.17, 15) is 22.8 Å². The minimum atomic E-state index is -3.86. The van der Waals surface area contributed by atoms with Crippen LogP contribution in [0.1, 0.15) is 59.3 Å². The number of nitrogens with zero attached hydrogens (tertiary/aromatic N) is 1. The first-order valence-electron chi connectivity index (χ1n) is 12.4. The zero-order chi connectivity index (χ0) is 26.5. The minimum Gasteiger partial charge on any atom is -0.467 e. The van der Waals surface area contributed by atoms with E-state index in [-0.39, 0.29) is 23.8 Å². The lowest BCUT2D eigenvalue weighted by Crippen LogP contribution is -2.56. The Morgan fingerprint density at radius 3 is 2.28 bits per heavy atom. The molecule has 10 nitrogen and oxygen atoms in total. The van der Waals surface area contributed by atoms with Crippen molar-refractivity contribution in [3.63, 3.8) is 0 Å². The van der Waals surface area contributed by atoms with Gasteiger partial charge in [0.2, 0.25) is 15.9 Å². The van der Waals surface area contributed by atoms with Crippen molar-refractivity contribution in [1.82, 2.24) is 14.9 Å². The normalized spacial score (nSPS) is 22.1. The Hall–Kier alpha value is -2.66. The van der Waals surface area contributed by atoms with Crippen LogP contribution in [0.5, 0.6) is 0 Å². The highest BCUT2D eigenvalue weighted by atomic mass is 32.2. The molecule has 1 aromatic carbocycles. The van der Waals surface area contributed by atoms with Gasteiger partial charge in [0.15, 0.2) is 0 Å². The summed E-state index contributed by atoms with van der Waals surface area (Å²) in [7, 11) is -2.63. The summed E-state index contributed by atoms with van der Waals surface area (Å²) in [5.74, 6) is -1.19. The summed E-state index contributed by atoms with van der Waals surface area (Å²) in [5.41, 5.74) is -0.743. The summed E-state index contributed by atoms with van der Waals surface area (Å²) in [6.07, 6.45) is 3.80. The van der Waals surface area contributed by atoms with E-state index in [0.717, 1.165) is 32.1 Å². The largest absolute Gasteiger partial charge is 0.467 e. The fourth-order valence-electron chi connectivity index (χ4n) is 4.87. The van der Waals surface area contributed by atoms with Gasteiger partial charge in [0, 0.05) is 12.6 Å². The number of alkyl carbamates (subject to hydrolysis) is 1. The predicted molar refractivity (Wildman–Crippen MR) is 132 cm³/mol. The molecule has 36 heavy (non-hydrogen) atoms. The number of rotatable bonds is 7. The zero-order valence-electron chi connectivity index (χ0n) is 21.4. The number of carbonyl (C=O) groups is 3. The van der Waals surface area contributed by atoms with Crippen molar-refractivity contribution >= 4 is 28.0 Å². The average molecular weight is 524 g/mol. The van der Waals surface area contributed by atoms with E-state index >= 15 is 0 Å². The van der Waals surface area contributed by atoms with Crippen LogP contribution < -0.4 is 10.0 Å². The molecule has 2 fully saturated rings. The zero-order valence-corrected chi connectivity index (χ0v) is 22.2. The molecule has 1 aliphatic heterocycles. The standard InChI is InChI=1S/C25H37N3O7S/c1-25(2,3)35-24(31)26-21(17-11-7-5-8-12-17)22(29)28-16-18(15-20(28)23(30)34-4)27-36(32,33)19-13-9-6-10-14-19/h6,9-10,13-14,17-18,20-21,27H,5,7-8,11-12,15-16H2,1-4H3,(H,26,31). The lowest BCUT2D eigenvalue weighted by molar-refractivity contribution is -0.152. The Morgan fingerprint density at radius 1 is 1.06 bits per heavy atom. The Morgan fingerprint density at radius 2 is 1.69 bits per heavy atom. The summed E-state index contributed by atoms with van der Waals surface area (Å²) in [6.45, 7) is 5.19. The molecular formula is C25H37N3O7S. The minimum absolute atomic E-state index is 0.0239. The molecule has 3 rings (SSSR count). The third kappa shape index (κ3) is 7.19. The first-order chi connectivity index (χ1) is 16.9. The van der Waals surface area contributed by atoms with Crippen LogP contribution >= 0.6 is 0 Å². The van der Waals surface area contributed by atoms with Crippen LogP contribution in [0.15, 0.2) is 35.2 Å². The molecule has 2 N–H and O–H groups in total. The van der Waals surface area contributed by atoms with Crippen LogP contribution in [0.2, 0.25) is 0 Å². The molecular weight excluding hydrogens is 486 g/mol. The van der Waals surface area contributed by atoms with Gasteiger partial charge in [-0.3, -0.25) is 4.79 Å². The highest BCUT2D eigenvalue weighted by molar-refractivity contribution is 7.89. The summed E-state index contributed by atoms with van der Waals surface area (Å²) in [5, 5.41) is 2.74. The third-order valence-electron chi connectivity index (χ3n) is 6.49. The van der Waals surface area contributed by atoms with Crippen molar-refractivity contribution in [2.45, 2.75) is 87.9 Å². The van der Waals surface area contributed by atoms with Crippen molar-refractivity contribution in [2.24, 2.45) is 5.92 Å². The molecule has 2 aliphatic rings. The lowest BCUT2D eigenvalue weighted by Gasteiger charge is -2.34. The topological polar surface area (TPSA) is 131 Å². The Balaban J connectivity index is 1.83. The van der Waals surface area contributed by atoms with Crippen molar-refractivity contribution in [3.05, 3.63) is 30.3 Å². The SMILES string of the molecule is COC(=O)C1CC(NS(=O)(=O)c2ccccc2)CN1C(=O)C(NC(=O)OC(C)(C)C)C1CCCCC1. The first-order valence-corrected chi connectivity index (χ1v) is 13.8. The lowest BCUT2D eigenvalue weighted by atomic mass is 9.83. The van der Waals surface area contributed by atoms with Crippen molar-refractivity contribution in [2.75, 3.05) is 13.7 Å². The van der Waals surface area contributed by atoms with E-state index in [0.29, 0.717) is 0 Å². The molecule has 1 saturated heterocycles. The molecule has 200 valence electrons. The molecule has 0 radical (unpaired) electrons. The van der Waals surface area contributed by atoms with Crippen molar-refractivity contribution in [1.29, 1.82) is 0 Å². The number of nitrogens with one attached hydrogen (secondary N) is 2. The maximum absolute atomic E-state index is 13.8. The van der Waals surface area contributed by atoms with Gasteiger partial charge in [0.05, 0.1) is 12.0 Å². The molecule has 1 aliphatic carbocycles. The summed E-state index contributed by atoms with van der Waals surface area (Å²) in [4.78, 5) is 40.5. The van der Waals surface area contributed by atoms with Gasteiger partial charge in [-0.2, -0.15) is 0 Å². The molecule has 2 amide bonds. The fourth-order valence-corrected chi connectivity index (χ4v) is 6.13. The predicted octanol–water partition coefficient (Wildman–Crippen LogP) is 2.58. The number of hydrogen-bond acceptors (Lipinski definition) is 7. The van der Waals surface area contributed by atoms with Crippen LogP contribution in [0.3, 0.4) is 0 Å². The van der Waals surface area contributed by atoms with E-state index < -0.39 is 51.7 Å². The quantitative estimate of drug-likeness (QED) is 0.525. The van der Waals surface area contributed by atoms with Crippen LogP contribution in [0, 0.1) is 5.92 Å². The molecule has 0 spiro atoms. The van der Waals surface area contributed by atoms with Gasteiger partial charge in [-0.1, -0.05) is 37.5 Å². The van der Waals surface area contributed by atoms with Gasteiger partial charge in [-0.25, -0.2) is 22.7 Å². The number of ether oxygens (including phenoxy) is 2. The Kier molecular flexibility index (Phi) is 8.99. The van der Waals surface area contributed by atoms with Crippen LogP contribution in [-0.2, 0) is 29.1 Å². The second kappa shape index (κ2) is 11.6. The number of likely N-dealkylation sites (tertiary alicyclic amines) is 1. The maximum atomic E-state index is 13.8. The van der Waals surface area contributed by atoms with E-state index in [1.54, 1.807) is 39.0 Å². The first kappa shape index (κ1) is 27.9. The van der Waals surface area contributed by atoms with Gasteiger partial charge < -0.3 is 19.7 Å². The summed E-state index contributed by atoms with van der Waals surface area (Å²) < 4.78 is 38.7.